The van der Waals surface area contributed by atoms with E-state index in [-0.39, 0.29) is 11.4 Å². The molecule has 2 heteroatoms. The minimum Gasteiger partial charge on any atom is -0.489 e. The Morgan fingerprint density at radius 3 is 2.60 bits per heavy atom. The first-order valence-corrected chi connectivity index (χ1v) is 5.43. The maximum absolute atomic E-state index is 10.9. The van der Waals surface area contributed by atoms with Gasteiger partial charge in [0.05, 0.1) is 0 Å². The summed E-state index contributed by atoms with van der Waals surface area (Å²) in [5.41, 5.74) is -0.149. The summed E-state index contributed by atoms with van der Waals surface area (Å²) in [6, 6.07) is 0. The molecule has 0 N–H and O–H groups in total. The third-order valence-electron chi connectivity index (χ3n) is 2.13. The number of carbonyl (C=O) groups excluding carboxylic acids is 1. The van der Waals surface area contributed by atoms with Crippen LogP contribution >= 0.6 is 0 Å². The molecule has 1 atom stereocenters. The molecule has 1 aliphatic rings. The van der Waals surface area contributed by atoms with Crippen molar-refractivity contribution < 1.29 is 9.53 Å². The number of hydrogen-bond donors (Lipinski definition) is 0. The zero-order chi connectivity index (χ0) is 11.5. The zero-order valence-electron chi connectivity index (χ0n) is 10.0. The first-order chi connectivity index (χ1) is 6.87. The Hall–Kier alpha value is -1.05. The number of allylic oxidation sites excluding steroid dienone is 3. The topological polar surface area (TPSA) is 26.3 Å². The Labute approximate surface area is 92.0 Å². The Bertz CT molecular complexity index is 292. The van der Waals surface area contributed by atoms with Crippen LogP contribution < -0.4 is 0 Å². The van der Waals surface area contributed by atoms with Gasteiger partial charge in [0, 0.05) is 6.42 Å². The molecule has 0 saturated heterocycles. The van der Waals surface area contributed by atoms with E-state index in [0.29, 0.717) is 12.3 Å². The Morgan fingerprint density at radius 1 is 1.53 bits per heavy atom. The van der Waals surface area contributed by atoms with Crippen LogP contribution in [0.3, 0.4) is 0 Å². The average Bonchev–Trinajstić information content (AvgIpc) is 2.05. The van der Waals surface area contributed by atoms with Crippen LogP contribution in [0.25, 0.3) is 0 Å². The van der Waals surface area contributed by atoms with Crippen LogP contribution in [0.5, 0.6) is 0 Å². The number of carbonyl (C=O) groups is 1. The van der Waals surface area contributed by atoms with E-state index in [1.807, 2.05) is 26.8 Å². The number of ketones is 1. The summed E-state index contributed by atoms with van der Waals surface area (Å²) in [4.78, 5) is 10.9. The summed E-state index contributed by atoms with van der Waals surface area (Å²) in [5, 5.41) is 0. The molecular weight excluding hydrogens is 188 g/mol. The van der Waals surface area contributed by atoms with E-state index in [0.717, 1.165) is 12.2 Å². The Morgan fingerprint density at radius 2 is 2.20 bits per heavy atom. The third-order valence-corrected chi connectivity index (χ3v) is 2.13. The summed E-state index contributed by atoms with van der Waals surface area (Å²) in [6.07, 6.45) is 7.65. The van der Waals surface area contributed by atoms with E-state index in [1.165, 1.54) is 0 Å². The molecule has 1 unspecified atom stereocenters. The van der Waals surface area contributed by atoms with Gasteiger partial charge in [-0.2, -0.15) is 0 Å². The molecule has 2 nitrogen and oxygen atoms in total. The summed E-state index contributed by atoms with van der Waals surface area (Å²) in [5.74, 6) is 1.52. The highest BCUT2D eigenvalue weighted by atomic mass is 16.5. The number of rotatable bonds is 3. The minimum absolute atomic E-state index is 0.149. The van der Waals surface area contributed by atoms with Gasteiger partial charge in [0.1, 0.15) is 17.1 Å². The fraction of sp³-hybridized carbons (Fsp3) is 0.615. The van der Waals surface area contributed by atoms with Crippen molar-refractivity contribution >= 4 is 5.78 Å². The highest BCUT2D eigenvalue weighted by Gasteiger charge is 2.16. The fourth-order valence-corrected chi connectivity index (χ4v) is 1.59. The predicted molar refractivity (Wildman–Crippen MR) is 61.5 cm³/mol. The summed E-state index contributed by atoms with van der Waals surface area (Å²) in [6.45, 7) is 7.73. The number of hydrogen-bond acceptors (Lipinski definition) is 2. The summed E-state index contributed by atoms with van der Waals surface area (Å²) >= 11 is 0. The molecule has 0 radical (unpaired) electrons. The van der Waals surface area contributed by atoms with Gasteiger partial charge in [-0.25, -0.2) is 0 Å². The van der Waals surface area contributed by atoms with Crippen LogP contribution in [0.2, 0.25) is 0 Å². The largest absolute Gasteiger partial charge is 0.489 e. The van der Waals surface area contributed by atoms with Gasteiger partial charge < -0.3 is 9.53 Å². The fourth-order valence-electron chi connectivity index (χ4n) is 1.59. The minimum atomic E-state index is -0.149. The van der Waals surface area contributed by atoms with Crippen molar-refractivity contribution in [3.8, 4) is 0 Å². The molecule has 0 aliphatic heterocycles. The maximum atomic E-state index is 10.9. The molecule has 0 saturated carbocycles. The van der Waals surface area contributed by atoms with Crippen LogP contribution in [0.1, 0.15) is 40.5 Å². The monoisotopic (exact) mass is 208 g/mol. The average molecular weight is 208 g/mol. The lowest BCUT2D eigenvalue weighted by Crippen LogP contribution is -2.19. The van der Waals surface area contributed by atoms with Gasteiger partial charge in [-0.15, -0.1) is 0 Å². The zero-order valence-corrected chi connectivity index (χ0v) is 10.0. The molecular formula is C13H20O2. The van der Waals surface area contributed by atoms with Crippen molar-refractivity contribution in [2.24, 2.45) is 5.92 Å². The molecule has 0 aromatic rings. The van der Waals surface area contributed by atoms with Crippen molar-refractivity contribution in [2.45, 2.75) is 46.1 Å². The normalized spacial score (nSPS) is 21.1. The first-order valence-electron chi connectivity index (χ1n) is 5.43. The summed E-state index contributed by atoms with van der Waals surface area (Å²) in [7, 11) is 0. The standard InChI is InChI=1S/C13H20O2/c1-10(14)9-11-5-7-12(8-6-11)15-13(2,3)4/h5,7-8,11H,6,9H2,1-4H3. The van der Waals surface area contributed by atoms with Crippen molar-refractivity contribution in [3.05, 3.63) is 24.0 Å². The molecule has 1 rings (SSSR count). The Kier molecular flexibility index (Phi) is 3.72. The lowest BCUT2D eigenvalue weighted by molar-refractivity contribution is -0.117. The molecule has 0 spiro atoms. The second kappa shape index (κ2) is 4.65. The molecule has 15 heavy (non-hydrogen) atoms. The van der Waals surface area contributed by atoms with E-state index >= 15 is 0 Å². The van der Waals surface area contributed by atoms with Gasteiger partial charge in [-0.05, 0) is 52.2 Å². The smallest absolute Gasteiger partial charge is 0.130 e. The highest BCUT2D eigenvalue weighted by molar-refractivity contribution is 5.76. The molecule has 0 fully saturated rings. The second-order valence-electron chi connectivity index (χ2n) is 5.08. The first kappa shape index (κ1) is 12.0. The van der Waals surface area contributed by atoms with Crippen molar-refractivity contribution in [3.63, 3.8) is 0 Å². The van der Waals surface area contributed by atoms with Crippen LogP contribution in [-0.4, -0.2) is 11.4 Å². The van der Waals surface area contributed by atoms with Crippen molar-refractivity contribution in [1.29, 1.82) is 0 Å². The summed E-state index contributed by atoms with van der Waals surface area (Å²) < 4.78 is 5.72. The lowest BCUT2D eigenvalue weighted by atomic mass is 9.95. The lowest BCUT2D eigenvalue weighted by Gasteiger charge is -2.24. The Balaban J connectivity index is 2.47. The molecule has 0 aromatic heterocycles. The SMILES string of the molecule is CC(=O)CC1C=CC(OC(C)(C)C)=CC1. The van der Waals surface area contributed by atoms with E-state index in [1.54, 1.807) is 6.92 Å². The van der Waals surface area contributed by atoms with Crippen LogP contribution in [0.15, 0.2) is 24.0 Å². The van der Waals surface area contributed by atoms with Gasteiger partial charge in [0.15, 0.2) is 0 Å². The van der Waals surface area contributed by atoms with E-state index < -0.39 is 0 Å². The van der Waals surface area contributed by atoms with Crippen LogP contribution in [0, 0.1) is 5.92 Å². The van der Waals surface area contributed by atoms with Crippen molar-refractivity contribution in [2.75, 3.05) is 0 Å². The van der Waals surface area contributed by atoms with Crippen LogP contribution in [-0.2, 0) is 9.53 Å². The van der Waals surface area contributed by atoms with Gasteiger partial charge in [-0.3, -0.25) is 0 Å². The van der Waals surface area contributed by atoms with Gasteiger partial charge >= 0.3 is 0 Å². The van der Waals surface area contributed by atoms with Gasteiger partial charge in [-0.1, -0.05) is 6.08 Å². The highest BCUT2D eigenvalue weighted by Crippen LogP contribution is 2.23. The molecule has 0 bridgehead atoms. The molecule has 0 heterocycles. The van der Waals surface area contributed by atoms with E-state index in [2.05, 4.69) is 12.2 Å². The third kappa shape index (κ3) is 4.82. The number of Topliss-reactive ketones (excluding diaryl/α,β-unsaturated/α-hetero) is 1. The van der Waals surface area contributed by atoms with Crippen molar-refractivity contribution in [1.82, 2.24) is 0 Å². The predicted octanol–water partition coefficient (Wildman–Crippen LogP) is 3.24. The second-order valence-corrected chi connectivity index (χ2v) is 5.08. The van der Waals surface area contributed by atoms with E-state index in [4.69, 9.17) is 4.74 Å². The molecule has 0 aromatic carbocycles. The molecule has 84 valence electrons. The van der Waals surface area contributed by atoms with Gasteiger partial charge in [0.25, 0.3) is 0 Å². The number of ether oxygens (including phenoxy) is 1. The van der Waals surface area contributed by atoms with E-state index in [9.17, 15) is 4.79 Å². The maximum Gasteiger partial charge on any atom is 0.130 e. The van der Waals surface area contributed by atoms with Gasteiger partial charge in [0.2, 0.25) is 0 Å². The van der Waals surface area contributed by atoms with Crippen LogP contribution in [0.4, 0.5) is 0 Å². The molecule has 0 amide bonds. The molecule has 1 aliphatic carbocycles. The quantitative estimate of drug-likeness (QED) is 0.711.